The number of phosphoric acid groups is 1. The lowest BCUT2D eigenvalue weighted by Crippen LogP contribution is -2.29. The summed E-state index contributed by atoms with van der Waals surface area (Å²) in [5.74, 6) is -0.825. The minimum absolute atomic E-state index is 0.0533. The molecule has 10 heteroatoms. The Labute approximate surface area is 362 Å². The molecule has 0 bridgehead atoms. The molecule has 0 fully saturated rings. The molecule has 344 valence electrons. The molecule has 0 aliphatic heterocycles. The largest absolute Gasteiger partial charge is 0.472 e. The Balaban J connectivity index is 4.02. The standard InChI is InChI=1S/C49H90NO8P/c1-3-5-7-9-11-13-15-17-18-19-20-21-22-23-24-25-26-27-28-30-32-34-36-38-40-42-49(52)58-47(46-57-59(53,54)56-44-43-50)45-55-48(51)41-39-37-35-33-31-29-16-14-12-10-8-6-4-2/h5,7,11,13,17-18,20-21,47H,3-4,6,8-10,12,14-16,19,22-46,50H2,1-2H3,(H,53,54)/b7-5-,13-11-,18-17-,21-20-. The topological polar surface area (TPSA) is 134 Å². The van der Waals surface area contributed by atoms with Crippen LogP contribution in [0.2, 0.25) is 0 Å². The van der Waals surface area contributed by atoms with E-state index in [1.165, 1.54) is 122 Å². The highest BCUT2D eigenvalue weighted by Gasteiger charge is 2.26. The SMILES string of the molecule is CC/C=C\C/C=C\C/C=C\C/C=C\CCCCCCCCCCCCCCC(=O)OC(COC(=O)CCCCCCCCCCCCCCC)COP(=O)(O)OCCN. The molecule has 0 saturated heterocycles. The molecule has 0 aliphatic rings. The summed E-state index contributed by atoms with van der Waals surface area (Å²) >= 11 is 0. The first kappa shape index (κ1) is 57.0. The van der Waals surface area contributed by atoms with E-state index in [1.807, 2.05) is 0 Å². The van der Waals surface area contributed by atoms with Crippen LogP contribution in [-0.2, 0) is 32.7 Å². The van der Waals surface area contributed by atoms with Gasteiger partial charge in [0.15, 0.2) is 6.10 Å². The minimum atomic E-state index is -4.38. The number of carbonyl (C=O) groups excluding carboxylic acids is 2. The molecule has 0 aliphatic carbocycles. The average molecular weight is 852 g/mol. The number of hydrogen-bond acceptors (Lipinski definition) is 8. The Hall–Kier alpha value is -2.03. The molecule has 3 N–H and O–H groups in total. The Kier molecular flexibility index (Phi) is 43.9. The van der Waals surface area contributed by atoms with Crippen LogP contribution in [0.1, 0.15) is 219 Å². The van der Waals surface area contributed by atoms with Crippen LogP contribution in [0, 0.1) is 0 Å². The molecule has 0 radical (unpaired) electrons. The predicted octanol–water partition coefficient (Wildman–Crippen LogP) is 14.3. The first-order chi connectivity index (χ1) is 28.8. The van der Waals surface area contributed by atoms with E-state index < -0.39 is 26.5 Å². The van der Waals surface area contributed by atoms with E-state index in [0.717, 1.165) is 64.2 Å². The van der Waals surface area contributed by atoms with E-state index in [0.29, 0.717) is 6.42 Å². The summed E-state index contributed by atoms with van der Waals surface area (Å²) in [4.78, 5) is 34.9. The molecule has 0 aromatic carbocycles. The predicted molar refractivity (Wildman–Crippen MR) is 247 cm³/mol. The van der Waals surface area contributed by atoms with Crippen molar-refractivity contribution >= 4 is 19.8 Å². The van der Waals surface area contributed by atoms with Crippen molar-refractivity contribution in [3.63, 3.8) is 0 Å². The number of nitrogens with two attached hydrogens (primary N) is 1. The summed E-state index contributed by atoms with van der Waals surface area (Å²) in [6, 6.07) is 0. The van der Waals surface area contributed by atoms with Gasteiger partial charge in [0.2, 0.25) is 0 Å². The zero-order valence-corrected chi connectivity index (χ0v) is 38.9. The molecule has 2 atom stereocenters. The number of unbranched alkanes of at least 4 members (excludes halogenated alkanes) is 24. The van der Waals surface area contributed by atoms with Gasteiger partial charge in [0.25, 0.3) is 0 Å². The second-order valence-electron chi connectivity index (χ2n) is 16.0. The molecule has 0 spiro atoms. The lowest BCUT2D eigenvalue weighted by Gasteiger charge is -2.19. The van der Waals surface area contributed by atoms with Crippen molar-refractivity contribution in [3.8, 4) is 0 Å². The number of esters is 2. The van der Waals surface area contributed by atoms with Crippen molar-refractivity contribution in [1.29, 1.82) is 0 Å². The van der Waals surface area contributed by atoms with Gasteiger partial charge in [-0.1, -0.05) is 204 Å². The van der Waals surface area contributed by atoms with E-state index >= 15 is 0 Å². The molecule has 0 aromatic rings. The van der Waals surface area contributed by atoms with Crippen LogP contribution in [0.4, 0.5) is 0 Å². The van der Waals surface area contributed by atoms with Gasteiger partial charge in [-0.3, -0.25) is 18.6 Å². The Morgan fingerprint density at radius 2 is 0.932 bits per heavy atom. The number of allylic oxidation sites excluding steroid dienone is 8. The van der Waals surface area contributed by atoms with Gasteiger partial charge in [0, 0.05) is 19.4 Å². The zero-order chi connectivity index (χ0) is 43.2. The fourth-order valence-corrected chi connectivity index (χ4v) is 7.45. The number of carbonyl (C=O) groups is 2. The summed E-state index contributed by atoms with van der Waals surface area (Å²) < 4.78 is 32.9. The van der Waals surface area contributed by atoms with Gasteiger partial charge in [-0.15, -0.1) is 0 Å². The van der Waals surface area contributed by atoms with Crippen LogP contribution in [0.3, 0.4) is 0 Å². The number of phosphoric ester groups is 1. The molecule has 0 aromatic heterocycles. The molecule has 0 amide bonds. The summed E-state index contributed by atoms with van der Waals surface area (Å²) in [5.41, 5.74) is 5.36. The maximum Gasteiger partial charge on any atom is 0.472 e. The minimum Gasteiger partial charge on any atom is -0.462 e. The molecule has 9 nitrogen and oxygen atoms in total. The van der Waals surface area contributed by atoms with Crippen LogP contribution >= 0.6 is 7.82 Å². The van der Waals surface area contributed by atoms with Crippen LogP contribution in [0.5, 0.6) is 0 Å². The van der Waals surface area contributed by atoms with Gasteiger partial charge in [-0.05, 0) is 51.4 Å². The number of hydrogen-bond donors (Lipinski definition) is 2. The fourth-order valence-electron chi connectivity index (χ4n) is 6.69. The summed E-state index contributed by atoms with van der Waals surface area (Å²) in [6.45, 7) is 3.64. The maximum absolute atomic E-state index is 12.6. The number of rotatable bonds is 45. The number of ether oxygens (including phenoxy) is 2. The third kappa shape index (κ3) is 45.3. The molecular formula is C49H90NO8P. The van der Waals surface area contributed by atoms with Crippen molar-refractivity contribution < 1.29 is 37.6 Å². The van der Waals surface area contributed by atoms with Gasteiger partial charge in [-0.25, -0.2) is 4.57 Å². The van der Waals surface area contributed by atoms with Gasteiger partial charge in [-0.2, -0.15) is 0 Å². The molecule has 0 saturated carbocycles. The van der Waals surface area contributed by atoms with Crippen molar-refractivity contribution in [1.82, 2.24) is 0 Å². The van der Waals surface area contributed by atoms with Crippen molar-refractivity contribution in [2.75, 3.05) is 26.4 Å². The van der Waals surface area contributed by atoms with Crippen LogP contribution in [0.25, 0.3) is 0 Å². The van der Waals surface area contributed by atoms with E-state index in [2.05, 4.69) is 62.5 Å². The highest BCUT2D eigenvalue weighted by atomic mass is 31.2. The first-order valence-electron chi connectivity index (χ1n) is 24.1. The summed E-state index contributed by atoms with van der Waals surface area (Å²) in [7, 11) is -4.38. The Morgan fingerprint density at radius 3 is 1.39 bits per heavy atom. The molecule has 2 unspecified atom stereocenters. The van der Waals surface area contributed by atoms with E-state index in [9.17, 15) is 19.0 Å². The zero-order valence-electron chi connectivity index (χ0n) is 38.0. The second-order valence-corrected chi connectivity index (χ2v) is 17.4. The molecular weight excluding hydrogens is 762 g/mol. The van der Waals surface area contributed by atoms with E-state index in [4.69, 9.17) is 24.3 Å². The smallest absolute Gasteiger partial charge is 0.462 e. The molecule has 59 heavy (non-hydrogen) atoms. The van der Waals surface area contributed by atoms with E-state index in [1.54, 1.807) is 0 Å². The van der Waals surface area contributed by atoms with Crippen LogP contribution in [0.15, 0.2) is 48.6 Å². The highest BCUT2D eigenvalue weighted by Crippen LogP contribution is 2.43. The third-order valence-corrected chi connectivity index (χ3v) is 11.2. The van der Waals surface area contributed by atoms with Gasteiger partial charge >= 0.3 is 19.8 Å². The quantitative estimate of drug-likeness (QED) is 0.0266. The normalized spacial score (nSPS) is 13.6. The van der Waals surface area contributed by atoms with Crippen molar-refractivity contribution in [3.05, 3.63) is 48.6 Å². The van der Waals surface area contributed by atoms with Crippen LogP contribution in [-0.4, -0.2) is 49.3 Å². The fraction of sp³-hybridized carbons (Fsp3) is 0.796. The first-order valence-corrected chi connectivity index (χ1v) is 25.6. The maximum atomic E-state index is 12.6. The van der Waals surface area contributed by atoms with Crippen molar-refractivity contribution in [2.24, 2.45) is 5.73 Å². The summed E-state index contributed by atoms with van der Waals surface area (Å²) in [6.07, 6.45) is 52.9. The van der Waals surface area contributed by atoms with Gasteiger partial charge in [0.1, 0.15) is 6.61 Å². The van der Waals surface area contributed by atoms with Crippen molar-refractivity contribution in [2.45, 2.75) is 225 Å². The Morgan fingerprint density at radius 1 is 0.525 bits per heavy atom. The van der Waals surface area contributed by atoms with Gasteiger partial charge in [0.05, 0.1) is 13.2 Å². The molecule has 0 heterocycles. The summed E-state index contributed by atoms with van der Waals surface area (Å²) in [5, 5.41) is 0. The van der Waals surface area contributed by atoms with E-state index in [-0.39, 0.29) is 38.6 Å². The third-order valence-electron chi connectivity index (χ3n) is 10.2. The van der Waals surface area contributed by atoms with Crippen LogP contribution < -0.4 is 5.73 Å². The van der Waals surface area contributed by atoms with Gasteiger partial charge < -0.3 is 20.1 Å². The highest BCUT2D eigenvalue weighted by molar-refractivity contribution is 7.47. The Bertz CT molecular complexity index is 1110. The molecule has 0 rings (SSSR count). The monoisotopic (exact) mass is 852 g/mol. The average Bonchev–Trinajstić information content (AvgIpc) is 3.22. The lowest BCUT2D eigenvalue weighted by atomic mass is 10.0. The second kappa shape index (κ2) is 45.5. The lowest BCUT2D eigenvalue weighted by molar-refractivity contribution is -0.161.